The summed E-state index contributed by atoms with van der Waals surface area (Å²) in [6.45, 7) is 6.52. The van der Waals surface area contributed by atoms with Crippen molar-refractivity contribution in [2.45, 2.75) is 226 Å². The Kier molecular flexibility index (Phi) is 28.4. The lowest BCUT2D eigenvalue weighted by atomic mass is 9.92. The van der Waals surface area contributed by atoms with Crippen LogP contribution in [0.25, 0.3) is 0 Å². The van der Waals surface area contributed by atoms with E-state index >= 15 is 0 Å². The van der Waals surface area contributed by atoms with Gasteiger partial charge in [-0.1, -0.05) is 201 Å². The first kappa shape index (κ1) is 42.5. The summed E-state index contributed by atoms with van der Waals surface area (Å²) in [4.78, 5) is 43.9. The molecule has 0 N–H and O–H groups in total. The van der Waals surface area contributed by atoms with Crippen molar-refractivity contribution in [3.8, 4) is 0 Å². The molecule has 0 saturated heterocycles. The number of Topliss-reactive ketones (excluding diaryl/α,β-unsaturated/α-hetero) is 1. The summed E-state index contributed by atoms with van der Waals surface area (Å²) >= 11 is 0. The Hall–Kier alpha value is -1.52. The Morgan fingerprint density at radius 1 is 0.543 bits per heavy atom. The van der Waals surface area contributed by atoms with Crippen LogP contribution >= 0.6 is 0 Å². The molecule has 2 amide bonds. The fourth-order valence-corrected chi connectivity index (χ4v) is 6.89. The summed E-state index contributed by atoms with van der Waals surface area (Å²) in [6, 6.07) is 0. The molecular formula is C41H76N2O3. The SMILES string of the molecule is CCCCCCCCCCCCCCCCCC(=O)N1CC(=O)N=C1C(=O)C(CC)CCCCCCCCCCCCCCCC. The molecule has 0 aromatic rings. The first-order chi connectivity index (χ1) is 22.5. The van der Waals surface area contributed by atoms with Gasteiger partial charge in [-0.25, -0.2) is 0 Å². The van der Waals surface area contributed by atoms with Crippen molar-refractivity contribution >= 4 is 23.4 Å². The maximum absolute atomic E-state index is 13.3. The van der Waals surface area contributed by atoms with Crippen molar-refractivity contribution in [3.63, 3.8) is 0 Å². The summed E-state index contributed by atoms with van der Waals surface area (Å²) in [6.07, 6.45) is 39.7. The third kappa shape index (κ3) is 22.1. The third-order valence-electron chi connectivity index (χ3n) is 10.1. The molecule has 0 bridgehead atoms. The van der Waals surface area contributed by atoms with E-state index in [1.54, 1.807) is 0 Å². The summed E-state index contributed by atoms with van der Waals surface area (Å²) < 4.78 is 0. The Morgan fingerprint density at radius 3 is 1.26 bits per heavy atom. The molecule has 1 aliphatic heterocycles. The van der Waals surface area contributed by atoms with Crippen LogP contribution in [0.2, 0.25) is 0 Å². The van der Waals surface area contributed by atoms with E-state index < -0.39 is 0 Å². The number of rotatable bonds is 34. The largest absolute Gasteiger partial charge is 0.290 e. The molecule has 1 unspecified atom stereocenters. The molecule has 0 saturated carbocycles. The number of carbonyl (C=O) groups excluding carboxylic acids is 3. The number of amidine groups is 1. The zero-order valence-corrected chi connectivity index (χ0v) is 31.0. The van der Waals surface area contributed by atoms with Gasteiger partial charge in [0, 0.05) is 12.3 Å². The van der Waals surface area contributed by atoms with Crippen LogP contribution in [0.15, 0.2) is 4.99 Å². The molecule has 5 heteroatoms. The van der Waals surface area contributed by atoms with Crippen molar-refractivity contribution < 1.29 is 14.4 Å². The smallest absolute Gasteiger partial charge is 0.267 e. The zero-order valence-electron chi connectivity index (χ0n) is 31.0. The van der Waals surface area contributed by atoms with Gasteiger partial charge in [0.15, 0.2) is 5.84 Å². The predicted molar refractivity (Wildman–Crippen MR) is 197 cm³/mol. The number of ketones is 1. The van der Waals surface area contributed by atoms with Crippen molar-refractivity contribution in [1.29, 1.82) is 0 Å². The van der Waals surface area contributed by atoms with Gasteiger partial charge >= 0.3 is 0 Å². The van der Waals surface area contributed by atoms with Crippen LogP contribution in [0.1, 0.15) is 226 Å². The molecule has 0 aromatic heterocycles. The van der Waals surface area contributed by atoms with E-state index in [1.165, 1.54) is 159 Å². The number of hydrogen-bond acceptors (Lipinski definition) is 3. The van der Waals surface area contributed by atoms with Gasteiger partial charge in [0.05, 0.1) is 0 Å². The predicted octanol–water partition coefficient (Wildman–Crippen LogP) is 12.5. The van der Waals surface area contributed by atoms with E-state index in [0.29, 0.717) is 6.42 Å². The van der Waals surface area contributed by atoms with Gasteiger partial charge in [-0.05, 0) is 19.3 Å². The second-order valence-corrected chi connectivity index (χ2v) is 14.4. The topological polar surface area (TPSA) is 66.8 Å². The normalized spacial score (nSPS) is 13.8. The highest BCUT2D eigenvalue weighted by atomic mass is 16.2. The summed E-state index contributed by atoms with van der Waals surface area (Å²) in [5.74, 6) is -0.609. The highest BCUT2D eigenvalue weighted by molar-refractivity contribution is 6.45. The lowest BCUT2D eigenvalue weighted by molar-refractivity contribution is -0.131. The average Bonchev–Trinajstić information content (AvgIpc) is 3.46. The maximum atomic E-state index is 13.3. The first-order valence-electron chi connectivity index (χ1n) is 20.5. The number of amides is 2. The van der Waals surface area contributed by atoms with Crippen LogP contribution in [0, 0.1) is 5.92 Å². The number of aliphatic imine (C=N–C) groups is 1. The van der Waals surface area contributed by atoms with Crippen molar-refractivity contribution in [2.24, 2.45) is 10.9 Å². The molecule has 1 rings (SSSR count). The van der Waals surface area contributed by atoms with E-state index in [4.69, 9.17) is 0 Å². The number of nitrogens with zero attached hydrogens (tertiary/aromatic N) is 2. The zero-order chi connectivity index (χ0) is 33.5. The fourth-order valence-electron chi connectivity index (χ4n) is 6.89. The highest BCUT2D eigenvalue weighted by Gasteiger charge is 2.35. The quantitative estimate of drug-likeness (QED) is 0.0655. The molecule has 1 aliphatic rings. The number of hydrogen-bond donors (Lipinski definition) is 0. The van der Waals surface area contributed by atoms with E-state index in [2.05, 4.69) is 18.8 Å². The fraction of sp³-hybridized carbons (Fsp3) is 0.902. The van der Waals surface area contributed by atoms with Crippen LogP contribution in [0.3, 0.4) is 0 Å². The van der Waals surface area contributed by atoms with E-state index in [1.807, 2.05) is 6.92 Å². The van der Waals surface area contributed by atoms with Crippen molar-refractivity contribution in [2.75, 3.05) is 6.54 Å². The van der Waals surface area contributed by atoms with Gasteiger partial charge in [0.1, 0.15) is 6.54 Å². The summed E-state index contributed by atoms with van der Waals surface area (Å²) in [5.41, 5.74) is 0. The Bertz CT molecular complexity index is 793. The molecule has 46 heavy (non-hydrogen) atoms. The van der Waals surface area contributed by atoms with Crippen LogP contribution in [0.5, 0.6) is 0 Å². The van der Waals surface area contributed by atoms with Crippen LogP contribution in [-0.4, -0.2) is 34.9 Å². The van der Waals surface area contributed by atoms with E-state index in [0.717, 1.165) is 44.9 Å². The van der Waals surface area contributed by atoms with E-state index in [9.17, 15) is 14.4 Å². The van der Waals surface area contributed by atoms with Gasteiger partial charge in [-0.2, -0.15) is 4.99 Å². The summed E-state index contributed by atoms with van der Waals surface area (Å²) in [7, 11) is 0. The lowest BCUT2D eigenvalue weighted by Gasteiger charge is -2.20. The van der Waals surface area contributed by atoms with Crippen LogP contribution in [0.4, 0.5) is 0 Å². The number of unbranched alkanes of at least 4 members (excludes halogenated alkanes) is 27. The van der Waals surface area contributed by atoms with Gasteiger partial charge in [0.2, 0.25) is 11.7 Å². The Labute approximate surface area is 285 Å². The Morgan fingerprint density at radius 2 is 0.891 bits per heavy atom. The minimum Gasteiger partial charge on any atom is -0.290 e. The molecule has 5 nitrogen and oxygen atoms in total. The standard InChI is InChI=1S/C41H76N2O3/c1-4-7-9-11-13-15-17-19-21-23-25-27-29-31-33-35-39(45)43-36-38(44)42-41(43)40(46)37(6-3)34-32-30-28-26-24-22-20-18-16-14-12-10-8-5-2/h37H,4-36H2,1-3H3. The minimum absolute atomic E-state index is 0.0616. The maximum Gasteiger partial charge on any atom is 0.267 e. The summed E-state index contributed by atoms with van der Waals surface area (Å²) in [5, 5.41) is 0. The molecule has 0 spiro atoms. The van der Waals surface area contributed by atoms with Crippen molar-refractivity contribution in [3.05, 3.63) is 0 Å². The third-order valence-corrected chi connectivity index (χ3v) is 10.1. The molecule has 1 heterocycles. The second kappa shape index (κ2) is 30.8. The van der Waals surface area contributed by atoms with Gasteiger partial charge < -0.3 is 0 Å². The monoisotopic (exact) mass is 645 g/mol. The van der Waals surface area contributed by atoms with Gasteiger partial charge in [0.25, 0.3) is 5.91 Å². The second-order valence-electron chi connectivity index (χ2n) is 14.4. The van der Waals surface area contributed by atoms with E-state index in [-0.39, 0.29) is 35.9 Å². The minimum atomic E-state index is -0.362. The average molecular weight is 645 g/mol. The molecule has 0 aromatic carbocycles. The molecule has 0 fully saturated rings. The number of carbonyl (C=O) groups is 3. The molecule has 1 atom stereocenters. The first-order valence-corrected chi connectivity index (χ1v) is 20.5. The Balaban J connectivity index is 2.13. The van der Waals surface area contributed by atoms with Crippen LogP contribution < -0.4 is 0 Å². The highest BCUT2D eigenvalue weighted by Crippen LogP contribution is 2.21. The van der Waals surface area contributed by atoms with Gasteiger partial charge in [-0.3, -0.25) is 19.3 Å². The van der Waals surface area contributed by atoms with Gasteiger partial charge in [-0.15, -0.1) is 0 Å². The lowest BCUT2D eigenvalue weighted by Crippen LogP contribution is -2.41. The molecule has 268 valence electrons. The molecule has 0 aliphatic carbocycles. The molecular weight excluding hydrogens is 568 g/mol. The van der Waals surface area contributed by atoms with Crippen LogP contribution in [-0.2, 0) is 14.4 Å². The van der Waals surface area contributed by atoms with Crippen molar-refractivity contribution in [1.82, 2.24) is 4.90 Å². The molecule has 0 radical (unpaired) electrons.